The fourth-order valence-electron chi connectivity index (χ4n) is 2.25. The second kappa shape index (κ2) is 7.45. The largest absolute Gasteiger partial charge is 0.467 e. The van der Waals surface area contributed by atoms with Crippen LogP contribution in [0.3, 0.4) is 0 Å². The molecule has 0 aliphatic carbocycles. The van der Waals surface area contributed by atoms with Crippen LogP contribution in [-0.2, 0) is 19.1 Å². The van der Waals surface area contributed by atoms with Gasteiger partial charge in [-0.05, 0) is 20.8 Å². The van der Waals surface area contributed by atoms with Crippen LogP contribution in [0.1, 0.15) is 20.8 Å². The molecule has 1 saturated heterocycles. The Kier molecular flexibility index (Phi) is 6.24. The monoisotopic (exact) mass is 272 g/mol. The van der Waals surface area contributed by atoms with Crippen LogP contribution in [0.25, 0.3) is 0 Å². The van der Waals surface area contributed by atoms with Crippen LogP contribution in [0.5, 0.6) is 0 Å². The van der Waals surface area contributed by atoms with Crippen LogP contribution in [-0.4, -0.2) is 73.7 Å². The Morgan fingerprint density at radius 1 is 1.42 bits per heavy atom. The van der Waals surface area contributed by atoms with Crippen molar-refractivity contribution < 1.29 is 19.1 Å². The average molecular weight is 272 g/mol. The molecule has 1 amide bonds. The summed E-state index contributed by atoms with van der Waals surface area (Å²) in [5.41, 5.74) is 0. The lowest BCUT2D eigenvalue weighted by atomic mass is 10.2. The van der Waals surface area contributed by atoms with Crippen molar-refractivity contribution in [3.05, 3.63) is 0 Å². The predicted molar refractivity (Wildman–Crippen MR) is 70.7 cm³/mol. The second-order valence-corrected chi connectivity index (χ2v) is 4.56. The summed E-state index contributed by atoms with van der Waals surface area (Å²) in [6.07, 6.45) is -0.592. The highest BCUT2D eigenvalue weighted by atomic mass is 16.6. The molecule has 1 heterocycles. The molecule has 0 spiro atoms. The Morgan fingerprint density at radius 2 is 2.05 bits per heavy atom. The topological polar surface area (TPSA) is 59.1 Å². The molecule has 0 radical (unpaired) electrons. The van der Waals surface area contributed by atoms with E-state index in [1.807, 2.05) is 25.7 Å². The zero-order chi connectivity index (χ0) is 14.4. The van der Waals surface area contributed by atoms with E-state index in [0.717, 1.165) is 0 Å². The van der Waals surface area contributed by atoms with Gasteiger partial charge in [-0.2, -0.15) is 0 Å². The van der Waals surface area contributed by atoms with Crippen LogP contribution in [0, 0.1) is 0 Å². The minimum atomic E-state index is -0.592. The molecule has 0 bridgehead atoms. The molecule has 6 nitrogen and oxygen atoms in total. The van der Waals surface area contributed by atoms with Gasteiger partial charge >= 0.3 is 5.97 Å². The zero-order valence-corrected chi connectivity index (χ0v) is 12.2. The van der Waals surface area contributed by atoms with Gasteiger partial charge in [0.05, 0.1) is 19.8 Å². The fourth-order valence-corrected chi connectivity index (χ4v) is 2.25. The van der Waals surface area contributed by atoms with Crippen molar-refractivity contribution in [1.82, 2.24) is 9.80 Å². The standard InChI is InChI=1S/C13H24N2O4/c1-5-14(6-2)12(16)10(3)15-7-8-19-11(9-15)13(17)18-4/h10-11H,5-9H2,1-4H3. The molecule has 0 aromatic heterocycles. The molecule has 1 aliphatic heterocycles. The third kappa shape index (κ3) is 3.91. The summed E-state index contributed by atoms with van der Waals surface area (Å²) in [6, 6.07) is -0.240. The number of methoxy groups -OCH3 is 1. The van der Waals surface area contributed by atoms with Crippen molar-refractivity contribution in [3.8, 4) is 0 Å². The highest BCUT2D eigenvalue weighted by Crippen LogP contribution is 2.12. The molecule has 0 aromatic rings. The van der Waals surface area contributed by atoms with E-state index in [-0.39, 0.29) is 17.9 Å². The number of esters is 1. The van der Waals surface area contributed by atoms with E-state index in [1.54, 1.807) is 4.90 Å². The summed E-state index contributed by atoms with van der Waals surface area (Å²) in [7, 11) is 1.34. The molecule has 19 heavy (non-hydrogen) atoms. The van der Waals surface area contributed by atoms with Gasteiger partial charge in [0.1, 0.15) is 0 Å². The highest BCUT2D eigenvalue weighted by Gasteiger charge is 2.33. The molecule has 1 rings (SSSR count). The average Bonchev–Trinajstić information content (AvgIpc) is 2.46. The summed E-state index contributed by atoms with van der Waals surface area (Å²) in [5.74, 6) is -0.289. The van der Waals surface area contributed by atoms with Crippen molar-refractivity contribution in [2.75, 3.05) is 39.9 Å². The van der Waals surface area contributed by atoms with Crippen LogP contribution in [0.2, 0.25) is 0 Å². The molecule has 2 unspecified atom stereocenters. The number of hydrogen-bond donors (Lipinski definition) is 0. The number of amides is 1. The number of hydrogen-bond acceptors (Lipinski definition) is 5. The van der Waals surface area contributed by atoms with Crippen molar-refractivity contribution in [2.45, 2.75) is 32.9 Å². The highest BCUT2D eigenvalue weighted by molar-refractivity contribution is 5.81. The first-order valence-corrected chi connectivity index (χ1v) is 6.77. The zero-order valence-electron chi connectivity index (χ0n) is 12.2. The first-order chi connectivity index (χ1) is 9.04. The number of likely N-dealkylation sites (N-methyl/N-ethyl adjacent to an activating group) is 1. The van der Waals surface area contributed by atoms with Crippen molar-refractivity contribution in [3.63, 3.8) is 0 Å². The Labute approximate surface area is 114 Å². The second-order valence-electron chi connectivity index (χ2n) is 4.56. The van der Waals surface area contributed by atoms with Gasteiger partial charge in [0, 0.05) is 26.2 Å². The van der Waals surface area contributed by atoms with Crippen LogP contribution < -0.4 is 0 Å². The maximum Gasteiger partial charge on any atom is 0.336 e. The van der Waals surface area contributed by atoms with Crippen molar-refractivity contribution >= 4 is 11.9 Å². The molecule has 6 heteroatoms. The van der Waals surface area contributed by atoms with Gasteiger partial charge in [0.25, 0.3) is 0 Å². The van der Waals surface area contributed by atoms with Gasteiger partial charge in [-0.25, -0.2) is 4.79 Å². The number of nitrogens with zero attached hydrogens (tertiary/aromatic N) is 2. The molecule has 0 aromatic carbocycles. The Morgan fingerprint density at radius 3 is 2.58 bits per heavy atom. The van der Waals surface area contributed by atoms with Gasteiger partial charge in [-0.3, -0.25) is 9.69 Å². The molecule has 1 fully saturated rings. The number of carbonyl (C=O) groups is 2. The maximum absolute atomic E-state index is 12.3. The van der Waals surface area contributed by atoms with Gasteiger partial charge < -0.3 is 14.4 Å². The maximum atomic E-state index is 12.3. The Hall–Kier alpha value is -1.14. The fraction of sp³-hybridized carbons (Fsp3) is 0.846. The number of ether oxygens (including phenoxy) is 2. The normalized spacial score (nSPS) is 21.8. The number of rotatable bonds is 5. The minimum absolute atomic E-state index is 0.0931. The van der Waals surface area contributed by atoms with Gasteiger partial charge in [0.2, 0.25) is 5.91 Å². The molecule has 0 saturated carbocycles. The minimum Gasteiger partial charge on any atom is -0.467 e. The molecule has 1 aliphatic rings. The van der Waals surface area contributed by atoms with E-state index in [4.69, 9.17) is 4.74 Å². The lowest BCUT2D eigenvalue weighted by Crippen LogP contribution is -2.54. The van der Waals surface area contributed by atoms with E-state index < -0.39 is 6.10 Å². The van der Waals surface area contributed by atoms with E-state index in [9.17, 15) is 9.59 Å². The molecule has 0 N–H and O–H groups in total. The molecular weight excluding hydrogens is 248 g/mol. The molecular formula is C13H24N2O4. The van der Waals surface area contributed by atoms with Crippen molar-refractivity contribution in [2.24, 2.45) is 0 Å². The van der Waals surface area contributed by atoms with Crippen LogP contribution in [0.15, 0.2) is 0 Å². The molecule has 110 valence electrons. The third-order valence-corrected chi connectivity index (χ3v) is 3.54. The quantitative estimate of drug-likeness (QED) is 0.665. The molecule has 2 atom stereocenters. The van der Waals surface area contributed by atoms with Gasteiger partial charge in [-0.15, -0.1) is 0 Å². The van der Waals surface area contributed by atoms with E-state index >= 15 is 0 Å². The number of carbonyl (C=O) groups excluding carboxylic acids is 2. The summed E-state index contributed by atoms with van der Waals surface area (Å²) in [6.45, 7) is 8.70. The lowest BCUT2D eigenvalue weighted by Gasteiger charge is -2.36. The SMILES string of the molecule is CCN(CC)C(=O)C(C)N1CCOC(C(=O)OC)C1. The van der Waals surface area contributed by atoms with Gasteiger partial charge in [0.15, 0.2) is 6.10 Å². The number of morpholine rings is 1. The Bertz CT molecular complexity index is 318. The van der Waals surface area contributed by atoms with Crippen LogP contribution >= 0.6 is 0 Å². The predicted octanol–water partition coefficient (Wildman–Crippen LogP) is 0.117. The van der Waals surface area contributed by atoms with E-state index in [2.05, 4.69) is 4.74 Å². The summed E-state index contributed by atoms with van der Waals surface area (Å²) in [4.78, 5) is 27.5. The summed E-state index contributed by atoms with van der Waals surface area (Å²) in [5, 5.41) is 0. The summed E-state index contributed by atoms with van der Waals surface area (Å²) >= 11 is 0. The van der Waals surface area contributed by atoms with E-state index in [1.165, 1.54) is 7.11 Å². The van der Waals surface area contributed by atoms with Crippen molar-refractivity contribution in [1.29, 1.82) is 0 Å². The smallest absolute Gasteiger partial charge is 0.336 e. The first-order valence-electron chi connectivity index (χ1n) is 6.77. The first kappa shape index (κ1) is 15.9. The third-order valence-electron chi connectivity index (χ3n) is 3.54. The van der Waals surface area contributed by atoms with Crippen LogP contribution in [0.4, 0.5) is 0 Å². The Balaban J connectivity index is 2.63. The lowest BCUT2D eigenvalue weighted by molar-refractivity contribution is -0.162. The van der Waals surface area contributed by atoms with Gasteiger partial charge in [-0.1, -0.05) is 0 Å². The van der Waals surface area contributed by atoms with E-state index in [0.29, 0.717) is 32.8 Å². The summed E-state index contributed by atoms with van der Waals surface area (Å²) < 4.78 is 10.0.